The highest BCUT2D eigenvalue weighted by atomic mass is 32.2. The lowest BCUT2D eigenvalue weighted by atomic mass is 10.3. The van der Waals surface area contributed by atoms with Crippen molar-refractivity contribution in [3.8, 4) is 5.75 Å². The molecule has 0 unspecified atom stereocenters. The number of methoxy groups -OCH3 is 1. The first-order valence-electron chi connectivity index (χ1n) is 5.46. The van der Waals surface area contributed by atoms with Crippen molar-refractivity contribution in [1.29, 1.82) is 0 Å². The van der Waals surface area contributed by atoms with Gasteiger partial charge in [-0.3, -0.25) is 0 Å². The number of nitrogens with two attached hydrogens (primary N) is 1. The largest absolute Gasteiger partial charge is 0.491 e. The molecule has 1 aromatic carbocycles. The molecule has 0 aliphatic carbocycles. The third-order valence-electron chi connectivity index (χ3n) is 2.31. The van der Waals surface area contributed by atoms with E-state index in [9.17, 15) is 8.42 Å². The van der Waals surface area contributed by atoms with Crippen LogP contribution in [0.3, 0.4) is 0 Å². The van der Waals surface area contributed by atoms with Crippen molar-refractivity contribution in [1.82, 2.24) is 4.72 Å². The maximum atomic E-state index is 11.5. The van der Waals surface area contributed by atoms with Crippen LogP contribution in [-0.4, -0.2) is 35.8 Å². The topological polar surface area (TPSA) is 90.7 Å². The molecule has 3 N–H and O–H groups in total. The Morgan fingerprint density at radius 3 is 2.61 bits per heavy atom. The average molecular weight is 274 g/mol. The predicted octanol–water partition coefficient (Wildman–Crippen LogP) is 0.592. The Hall–Kier alpha value is -1.31. The predicted molar refractivity (Wildman–Crippen MR) is 69.1 cm³/mol. The highest BCUT2D eigenvalue weighted by Crippen LogP contribution is 2.24. The zero-order valence-corrected chi connectivity index (χ0v) is 11.3. The molecule has 0 fully saturated rings. The molecular weight excluding hydrogens is 256 g/mol. The molecular formula is C11H18N2O4S. The summed E-state index contributed by atoms with van der Waals surface area (Å²) in [6.45, 7) is 1.07. The summed E-state index contributed by atoms with van der Waals surface area (Å²) in [6, 6.07) is 4.37. The van der Waals surface area contributed by atoms with Crippen LogP contribution in [0.2, 0.25) is 0 Å². The van der Waals surface area contributed by atoms with E-state index in [-0.39, 0.29) is 4.90 Å². The van der Waals surface area contributed by atoms with Crippen molar-refractivity contribution in [3.63, 3.8) is 0 Å². The molecule has 1 rings (SSSR count). The third kappa shape index (κ3) is 3.86. The van der Waals surface area contributed by atoms with Gasteiger partial charge in [-0.05, 0) is 25.2 Å². The van der Waals surface area contributed by atoms with Gasteiger partial charge < -0.3 is 15.2 Å². The molecule has 0 spiro atoms. The number of ether oxygens (including phenoxy) is 2. The van der Waals surface area contributed by atoms with Crippen molar-refractivity contribution in [2.75, 3.05) is 33.1 Å². The van der Waals surface area contributed by atoms with E-state index in [1.165, 1.54) is 19.2 Å². The van der Waals surface area contributed by atoms with Gasteiger partial charge in [0.05, 0.1) is 17.2 Å². The van der Waals surface area contributed by atoms with Crippen molar-refractivity contribution in [2.24, 2.45) is 0 Å². The molecule has 0 amide bonds. The van der Waals surface area contributed by atoms with Gasteiger partial charge in [0.15, 0.2) is 0 Å². The van der Waals surface area contributed by atoms with Crippen LogP contribution < -0.4 is 15.2 Å². The molecule has 0 atom stereocenters. The second kappa shape index (κ2) is 6.58. The Morgan fingerprint density at radius 1 is 1.33 bits per heavy atom. The second-order valence-corrected chi connectivity index (χ2v) is 5.49. The van der Waals surface area contributed by atoms with Crippen molar-refractivity contribution < 1.29 is 17.9 Å². The lowest BCUT2D eigenvalue weighted by Crippen LogP contribution is -2.18. The normalized spacial score (nSPS) is 11.4. The number of sulfonamides is 1. The van der Waals surface area contributed by atoms with Crippen LogP contribution in [0.4, 0.5) is 5.69 Å². The lowest BCUT2D eigenvalue weighted by molar-refractivity contribution is 0.172. The van der Waals surface area contributed by atoms with E-state index in [0.29, 0.717) is 24.7 Å². The first-order chi connectivity index (χ1) is 8.51. The Bertz CT molecular complexity index is 488. The van der Waals surface area contributed by atoms with E-state index in [1.807, 2.05) is 0 Å². The van der Waals surface area contributed by atoms with Gasteiger partial charge in [0.2, 0.25) is 10.0 Å². The molecule has 18 heavy (non-hydrogen) atoms. The Labute approximate surface area is 107 Å². The van der Waals surface area contributed by atoms with Crippen LogP contribution in [0.1, 0.15) is 6.42 Å². The molecule has 7 heteroatoms. The Kier molecular flexibility index (Phi) is 5.39. The number of rotatable bonds is 7. The fourth-order valence-electron chi connectivity index (χ4n) is 1.33. The number of hydrogen-bond donors (Lipinski definition) is 2. The number of anilines is 1. The summed E-state index contributed by atoms with van der Waals surface area (Å²) in [5, 5.41) is 0. The fraction of sp³-hybridized carbons (Fsp3) is 0.455. The molecule has 0 aliphatic rings. The minimum atomic E-state index is -3.47. The Balaban J connectivity index is 2.74. The highest BCUT2D eigenvalue weighted by molar-refractivity contribution is 7.89. The van der Waals surface area contributed by atoms with E-state index in [0.717, 1.165) is 6.42 Å². The van der Waals surface area contributed by atoms with Crippen LogP contribution >= 0.6 is 0 Å². The molecule has 6 nitrogen and oxygen atoms in total. The van der Waals surface area contributed by atoms with Gasteiger partial charge in [-0.15, -0.1) is 0 Å². The van der Waals surface area contributed by atoms with Crippen LogP contribution in [0.15, 0.2) is 23.1 Å². The monoisotopic (exact) mass is 274 g/mol. The summed E-state index contributed by atoms with van der Waals surface area (Å²) < 4.78 is 35.6. The molecule has 1 aromatic rings. The number of benzene rings is 1. The fourth-order valence-corrected chi connectivity index (χ4v) is 2.09. The maximum absolute atomic E-state index is 11.5. The van der Waals surface area contributed by atoms with Crippen molar-refractivity contribution in [2.45, 2.75) is 11.3 Å². The van der Waals surface area contributed by atoms with E-state index < -0.39 is 10.0 Å². The first-order valence-corrected chi connectivity index (χ1v) is 6.94. The number of nitrogen functional groups attached to an aromatic ring is 1. The standard InChI is InChI=1S/C11H18N2O4S/c1-13-18(14,15)9-4-5-11(10(12)8-9)17-7-3-6-16-2/h4-5,8,13H,3,6-7,12H2,1-2H3. The summed E-state index contributed by atoms with van der Waals surface area (Å²) >= 11 is 0. The van der Waals surface area contributed by atoms with E-state index in [1.54, 1.807) is 13.2 Å². The maximum Gasteiger partial charge on any atom is 0.240 e. The summed E-state index contributed by atoms with van der Waals surface area (Å²) in [5.41, 5.74) is 6.03. The zero-order valence-electron chi connectivity index (χ0n) is 10.5. The number of hydrogen-bond acceptors (Lipinski definition) is 5. The summed E-state index contributed by atoms with van der Waals surface area (Å²) in [7, 11) is -0.507. The molecule has 0 radical (unpaired) electrons. The quantitative estimate of drug-likeness (QED) is 0.561. The van der Waals surface area contributed by atoms with Gasteiger partial charge in [-0.25, -0.2) is 13.1 Å². The third-order valence-corrected chi connectivity index (χ3v) is 3.72. The van der Waals surface area contributed by atoms with Crippen molar-refractivity contribution >= 4 is 15.7 Å². The molecule has 0 bridgehead atoms. The van der Waals surface area contributed by atoms with Crippen LogP contribution in [0, 0.1) is 0 Å². The van der Waals surface area contributed by atoms with Gasteiger partial charge in [0.25, 0.3) is 0 Å². The van der Waals surface area contributed by atoms with Gasteiger partial charge >= 0.3 is 0 Å². The second-order valence-electron chi connectivity index (χ2n) is 3.60. The molecule has 0 saturated heterocycles. The summed E-state index contributed by atoms with van der Waals surface area (Å²) in [6.07, 6.45) is 0.743. The van der Waals surface area contributed by atoms with Gasteiger partial charge in [-0.1, -0.05) is 0 Å². The molecule has 0 aliphatic heterocycles. The number of nitrogens with one attached hydrogen (secondary N) is 1. The van der Waals surface area contributed by atoms with Crippen LogP contribution in [0.25, 0.3) is 0 Å². The minimum Gasteiger partial charge on any atom is -0.491 e. The zero-order chi connectivity index (χ0) is 13.6. The molecule has 0 aromatic heterocycles. The molecule has 0 saturated carbocycles. The highest BCUT2D eigenvalue weighted by Gasteiger charge is 2.13. The van der Waals surface area contributed by atoms with E-state index >= 15 is 0 Å². The molecule has 0 heterocycles. The van der Waals surface area contributed by atoms with Crippen LogP contribution in [0.5, 0.6) is 5.75 Å². The first kappa shape index (κ1) is 14.7. The average Bonchev–Trinajstić information content (AvgIpc) is 2.36. The smallest absolute Gasteiger partial charge is 0.240 e. The molecule has 102 valence electrons. The van der Waals surface area contributed by atoms with Crippen molar-refractivity contribution in [3.05, 3.63) is 18.2 Å². The van der Waals surface area contributed by atoms with E-state index in [2.05, 4.69) is 4.72 Å². The van der Waals surface area contributed by atoms with Crippen LogP contribution in [-0.2, 0) is 14.8 Å². The van der Waals surface area contributed by atoms with Gasteiger partial charge in [-0.2, -0.15) is 0 Å². The summed E-state index contributed by atoms with van der Waals surface area (Å²) in [4.78, 5) is 0.117. The van der Waals surface area contributed by atoms with Gasteiger partial charge in [0.1, 0.15) is 5.75 Å². The minimum absolute atomic E-state index is 0.117. The summed E-state index contributed by atoms with van der Waals surface area (Å²) in [5.74, 6) is 0.473. The van der Waals surface area contributed by atoms with Gasteiger partial charge in [0, 0.05) is 20.1 Å². The SMILES string of the molecule is CNS(=O)(=O)c1ccc(OCCCOC)c(N)c1. The Morgan fingerprint density at radius 2 is 2.06 bits per heavy atom. The lowest BCUT2D eigenvalue weighted by Gasteiger charge is -2.10. The van der Waals surface area contributed by atoms with E-state index in [4.69, 9.17) is 15.2 Å².